The van der Waals surface area contributed by atoms with Crippen LogP contribution in [-0.2, 0) is 0 Å². The van der Waals surface area contributed by atoms with Gasteiger partial charge in [-0.2, -0.15) is 0 Å². The molecule has 1 amide bonds. The molecule has 1 aromatic rings. The maximum atomic E-state index is 11.7. The lowest BCUT2D eigenvalue weighted by atomic mass is 10.0. The maximum Gasteiger partial charge on any atom is 0.287 e. The Kier molecular flexibility index (Phi) is 3.91. The Balaban J connectivity index is 2.67. The molecular weight excluding hydrogens is 192 g/mol. The Hall–Kier alpha value is -1.29. The normalized spacial score (nSPS) is 12.9. The van der Waals surface area contributed by atoms with E-state index in [4.69, 9.17) is 10.2 Å². The lowest BCUT2D eigenvalue weighted by molar-refractivity contribution is 0.0898. The summed E-state index contributed by atoms with van der Waals surface area (Å²) in [7, 11) is 0. The van der Waals surface area contributed by atoms with Crippen molar-refractivity contribution >= 4 is 5.91 Å². The third-order valence-electron chi connectivity index (χ3n) is 2.44. The van der Waals surface area contributed by atoms with Crippen molar-refractivity contribution < 1.29 is 9.21 Å². The fourth-order valence-electron chi connectivity index (χ4n) is 1.34. The van der Waals surface area contributed by atoms with Crippen molar-refractivity contribution in [3.8, 4) is 0 Å². The van der Waals surface area contributed by atoms with E-state index in [1.54, 1.807) is 6.07 Å². The van der Waals surface area contributed by atoms with Crippen molar-refractivity contribution in [2.45, 2.75) is 26.8 Å². The third-order valence-corrected chi connectivity index (χ3v) is 2.44. The molecule has 0 saturated heterocycles. The average molecular weight is 210 g/mol. The SMILES string of the molecule is Cc1ccoc1C(=O)NC(CN)C(C)C. The number of hydrogen-bond acceptors (Lipinski definition) is 3. The van der Waals surface area contributed by atoms with E-state index in [-0.39, 0.29) is 11.9 Å². The fraction of sp³-hybridized carbons (Fsp3) is 0.545. The van der Waals surface area contributed by atoms with Gasteiger partial charge in [-0.15, -0.1) is 0 Å². The fourth-order valence-corrected chi connectivity index (χ4v) is 1.34. The molecule has 0 spiro atoms. The lowest BCUT2D eigenvalue weighted by Crippen LogP contribution is -2.43. The van der Waals surface area contributed by atoms with Crippen LogP contribution in [0.1, 0.15) is 30.0 Å². The number of aryl methyl sites for hydroxylation is 1. The number of furan rings is 1. The van der Waals surface area contributed by atoms with Crippen LogP contribution in [0, 0.1) is 12.8 Å². The Labute approximate surface area is 89.8 Å². The minimum absolute atomic E-state index is 0.0120. The van der Waals surface area contributed by atoms with Crippen LogP contribution < -0.4 is 11.1 Å². The van der Waals surface area contributed by atoms with Crippen LogP contribution in [-0.4, -0.2) is 18.5 Å². The quantitative estimate of drug-likeness (QED) is 0.787. The molecule has 15 heavy (non-hydrogen) atoms. The largest absolute Gasteiger partial charge is 0.459 e. The minimum Gasteiger partial charge on any atom is -0.459 e. The first-order chi connectivity index (χ1) is 7.06. The monoisotopic (exact) mass is 210 g/mol. The first-order valence-electron chi connectivity index (χ1n) is 5.11. The second-order valence-electron chi connectivity index (χ2n) is 3.99. The van der Waals surface area contributed by atoms with E-state index >= 15 is 0 Å². The van der Waals surface area contributed by atoms with E-state index in [0.29, 0.717) is 18.2 Å². The molecule has 0 aliphatic carbocycles. The molecule has 4 nitrogen and oxygen atoms in total. The summed E-state index contributed by atoms with van der Waals surface area (Å²) in [5.74, 6) is 0.491. The van der Waals surface area contributed by atoms with Crippen molar-refractivity contribution in [2.75, 3.05) is 6.54 Å². The van der Waals surface area contributed by atoms with Crippen LogP contribution in [0.15, 0.2) is 16.7 Å². The van der Waals surface area contributed by atoms with Gasteiger partial charge < -0.3 is 15.5 Å². The number of nitrogens with two attached hydrogens (primary N) is 1. The summed E-state index contributed by atoms with van der Waals surface area (Å²) >= 11 is 0. The smallest absolute Gasteiger partial charge is 0.287 e. The molecule has 1 heterocycles. The van der Waals surface area contributed by atoms with Crippen LogP contribution >= 0.6 is 0 Å². The van der Waals surface area contributed by atoms with Crippen LogP contribution in [0.5, 0.6) is 0 Å². The molecule has 0 aromatic carbocycles. The Morgan fingerprint density at radius 1 is 1.60 bits per heavy atom. The van der Waals surface area contributed by atoms with Gasteiger partial charge in [0.1, 0.15) is 0 Å². The summed E-state index contributed by atoms with van der Waals surface area (Å²) in [6.07, 6.45) is 1.51. The number of carbonyl (C=O) groups excluding carboxylic acids is 1. The lowest BCUT2D eigenvalue weighted by Gasteiger charge is -2.19. The highest BCUT2D eigenvalue weighted by molar-refractivity contribution is 5.93. The maximum absolute atomic E-state index is 11.7. The van der Waals surface area contributed by atoms with E-state index in [0.717, 1.165) is 5.56 Å². The second kappa shape index (κ2) is 4.98. The molecule has 0 radical (unpaired) electrons. The molecule has 0 aliphatic heterocycles. The predicted molar refractivity (Wildman–Crippen MR) is 58.6 cm³/mol. The van der Waals surface area contributed by atoms with Crippen LogP contribution in [0.4, 0.5) is 0 Å². The van der Waals surface area contributed by atoms with Crippen LogP contribution in [0.3, 0.4) is 0 Å². The number of nitrogens with one attached hydrogen (secondary N) is 1. The minimum atomic E-state index is -0.193. The molecule has 0 aliphatic rings. The van der Waals surface area contributed by atoms with Gasteiger partial charge >= 0.3 is 0 Å². The topological polar surface area (TPSA) is 68.3 Å². The molecule has 0 fully saturated rings. The predicted octanol–water partition coefficient (Wildman–Crippen LogP) is 1.30. The van der Waals surface area contributed by atoms with Crippen molar-refractivity contribution in [3.05, 3.63) is 23.7 Å². The van der Waals surface area contributed by atoms with E-state index < -0.39 is 0 Å². The summed E-state index contributed by atoms with van der Waals surface area (Å²) in [6, 6.07) is 1.75. The molecule has 4 heteroatoms. The molecule has 3 N–H and O–H groups in total. The molecule has 1 rings (SSSR count). The van der Waals surface area contributed by atoms with Gasteiger partial charge in [0.15, 0.2) is 5.76 Å². The second-order valence-corrected chi connectivity index (χ2v) is 3.99. The van der Waals surface area contributed by atoms with E-state index in [1.165, 1.54) is 6.26 Å². The third kappa shape index (κ3) is 2.83. The van der Waals surface area contributed by atoms with Gasteiger partial charge in [0.05, 0.1) is 6.26 Å². The zero-order valence-corrected chi connectivity index (χ0v) is 9.41. The average Bonchev–Trinajstić information content (AvgIpc) is 2.60. The number of carbonyl (C=O) groups is 1. The van der Waals surface area contributed by atoms with Crippen LogP contribution in [0.2, 0.25) is 0 Å². The summed E-state index contributed by atoms with van der Waals surface area (Å²) in [4.78, 5) is 11.7. The van der Waals surface area contributed by atoms with E-state index in [1.807, 2.05) is 20.8 Å². The van der Waals surface area contributed by atoms with Gasteiger partial charge in [0.2, 0.25) is 0 Å². The standard InChI is InChI=1S/C11H18N2O2/c1-7(2)9(6-12)13-11(14)10-8(3)4-5-15-10/h4-5,7,9H,6,12H2,1-3H3,(H,13,14). The van der Waals surface area contributed by atoms with Gasteiger partial charge in [0, 0.05) is 18.2 Å². The number of rotatable bonds is 4. The summed E-state index contributed by atoms with van der Waals surface area (Å²) in [5, 5.41) is 2.85. The Morgan fingerprint density at radius 2 is 2.27 bits per heavy atom. The van der Waals surface area contributed by atoms with E-state index in [2.05, 4.69) is 5.32 Å². The van der Waals surface area contributed by atoms with Gasteiger partial charge in [-0.3, -0.25) is 4.79 Å². The number of amides is 1. The first-order valence-corrected chi connectivity index (χ1v) is 5.11. The Morgan fingerprint density at radius 3 is 2.67 bits per heavy atom. The van der Waals surface area contributed by atoms with Gasteiger partial charge in [-0.05, 0) is 18.9 Å². The van der Waals surface area contributed by atoms with Crippen molar-refractivity contribution in [3.63, 3.8) is 0 Å². The highest BCUT2D eigenvalue weighted by atomic mass is 16.3. The highest BCUT2D eigenvalue weighted by Gasteiger charge is 2.18. The molecule has 1 atom stereocenters. The van der Waals surface area contributed by atoms with Crippen LogP contribution in [0.25, 0.3) is 0 Å². The molecule has 84 valence electrons. The molecule has 0 saturated carbocycles. The zero-order chi connectivity index (χ0) is 11.4. The molecular formula is C11H18N2O2. The summed E-state index contributed by atoms with van der Waals surface area (Å²) in [5.41, 5.74) is 6.41. The zero-order valence-electron chi connectivity index (χ0n) is 9.41. The highest BCUT2D eigenvalue weighted by Crippen LogP contribution is 2.09. The van der Waals surface area contributed by atoms with Gasteiger partial charge in [0.25, 0.3) is 5.91 Å². The Bertz CT molecular complexity index is 331. The van der Waals surface area contributed by atoms with Gasteiger partial charge in [-0.1, -0.05) is 13.8 Å². The van der Waals surface area contributed by atoms with E-state index in [9.17, 15) is 4.79 Å². The molecule has 1 aromatic heterocycles. The summed E-state index contributed by atoms with van der Waals surface area (Å²) < 4.78 is 5.10. The number of hydrogen-bond donors (Lipinski definition) is 2. The van der Waals surface area contributed by atoms with Crippen molar-refractivity contribution in [2.24, 2.45) is 11.7 Å². The molecule has 1 unspecified atom stereocenters. The van der Waals surface area contributed by atoms with Crippen molar-refractivity contribution in [1.29, 1.82) is 0 Å². The first kappa shape index (κ1) is 11.8. The van der Waals surface area contributed by atoms with Gasteiger partial charge in [-0.25, -0.2) is 0 Å². The van der Waals surface area contributed by atoms with Crippen molar-refractivity contribution in [1.82, 2.24) is 5.32 Å². The summed E-state index contributed by atoms with van der Waals surface area (Å²) in [6.45, 7) is 6.31. The molecule has 0 bridgehead atoms.